The second-order valence-electron chi connectivity index (χ2n) is 5.96. The van der Waals surface area contributed by atoms with E-state index in [1.54, 1.807) is 0 Å². The average molecular weight is 262 g/mol. The smallest absolute Gasteiger partial charge is 0.0791 e. The first-order valence-electron chi connectivity index (χ1n) is 7.33. The predicted octanol–water partition coefficient (Wildman–Crippen LogP) is 1.65. The van der Waals surface area contributed by atoms with Crippen molar-refractivity contribution in [2.24, 2.45) is 5.92 Å². The van der Waals surface area contributed by atoms with Gasteiger partial charge in [-0.1, -0.05) is 38.1 Å². The maximum Gasteiger partial charge on any atom is 0.0791 e. The van der Waals surface area contributed by atoms with E-state index in [1.807, 2.05) is 0 Å². The SMILES string of the molecule is CC(C)CNCC(O)CN1CCc2ccccc2C1. The molecule has 0 saturated carbocycles. The van der Waals surface area contributed by atoms with Crippen molar-refractivity contribution < 1.29 is 5.11 Å². The van der Waals surface area contributed by atoms with Crippen molar-refractivity contribution in [2.45, 2.75) is 32.9 Å². The second-order valence-corrected chi connectivity index (χ2v) is 5.96. The molecule has 1 atom stereocenters. The minimum Gasteiger partial charge on any atom is -0.390 e. The maximum atomic E-state index is 10.1. The van der Waals surface area contributed by atoms with Crippen molar-refractivity contribution >= 4 is 0 Å². The molecule has 0 radical (unpaired) electrons. The molecule has 2 rings (SSSR count). The van der Waals surface area contributed by atoms with Gasteiger partial charge in [-0.15, -0.1) is 0 Å². The molecule has 2 N–H and O–H groups in total. The average Bonchev–Trinajstić information content (AvgIpc) is 2.38. The molecule has 3 nitrogen and oxygen atoms in total. The van der Waals surface area contributed by atoms with Crippen LogP contribution in [0.3, 0.4) is 0 Å². The van der Waals surface area contributed by atoms with Gasteiger partial charge < -0.3 is 10.4 Å². The van der Waals surface area contributed by atoms with Crippen LogP contribution in [0.4, 0.5) is 0 Å². The fourth-order valence-electron chi connectivity index (χ4n) is 2.61. The summed E-state index contributed by atoms with van der Waals surface area (Å²) in [6.07, 6.45) is 0.825. The van der Waals surface area contributed by atoms with Crippen LogP contribution in [0.2, 0.25) is 0 Å². The van der Waals surface area contributed by atoms with E-state index >= 15 is 0 Å². The maximum absolute atomic E-state index is 10.1. The first-order chi connectivity index (χ1) is 9.15. The number of aliphatic hydroxyl groups excluding tert-OH is 1. The summed E-state index contributed by atoms with van der Waals surface area (Å²) in [4.78, 5) is 2.35. The molecule has 1 aromatic rings. The number of β-amino-alcohol motifs (C(OH)–C–C–N with tert-alkyl or cyclic N) is 1. The molecule has 0 bridgehead atoms. The van der Waals surface area contributed by atoms with E-state index in [4.69, 9.17) is 0 Å². The summed E-state index contributed by atoms with van der Waals surface area (Å²) in [7, 11) is 0. The Labute approximate surface area is 116 Å². The molecule has 0 aromatic heterocycles. The Balaban J connectivity index is 1.75. The largest absolute Gasteiger partial charge is 0.390 e. The Bertz CT molecular complexity index is 392. The minimum absolute atomic E-state index is 0.274. The van der Waals surface area contributed by atoms with Gasteiger partial charge in [0.1, 0.15) is 0 Å². The van der Waals surface area contributed by atoms with E-state index in [0.717, 1.165) is 32.6 Å². The van der Waals surface area contributed by atoms with Gasteiger partial charge >= 0.3 is 0 Å². The third-order valence-corrected chi connectivity index (χ3v) is 3.61. The number of hydrogen-bond acceptors (Lipinski definition) is 3. The fraction of sp³-hybridized carbons (Fsp3) is 0.625. The predicted molar refractivity (Wildman–Crippen MR) is 79.1 cm³/mol. The zero-order chi connectivity index (χ0) is 13.7. The molecular weight excluding hydrogens is 236 g/mol. The Morgan fingerprint density at radius 2 is 1.95 bits per heavy atom. The number of rotatable bonds is 6. The lowest BCUT2D eigenvalue weighted by atomic mass is 10.00. The summed E-state index contributed by atoms with van der Waals surface area (Å²) in [6, 6.07) is 8.63. The molecule has 0 fully saturated rings. The lowest BCUT2D eigenvalue weighted by Crippen LogP contribution is -2.41. The Hall–Kier alpha value is -0.900. The van der Waals surface area contributed by atoms with Crippen LogP contribution < -0.4 is 5.32 Å². The topological polar surface area (TPSA) is 35.5 Å². The molecule has 106 valence electrons. The van der Waals surface area contributed by atoms with Gasteiger partial charge in [-0.2, -0.15) is 0 Å². The summed E-state index contributed by atoms with van der Waals surface area (Å²) in [5, 5.41) is 13.4. The summed E-state index contributed by atoms with van der Waals surface area (Å²) >= 11 is 0. The molecule has 1 aliphatic rings. The third-order valence-electron chi connectivity index (χ3n) is 3.61. The summed E-state index contributed by atoms with van der Waals surface area (Å²) < 4.78 is 0. The van der Waals surface area contributed by atoms with Gasteiger partial charge in [0.2, 0.25) is 0 Å². The zero-order valence-electron chi connectivity index (χ0n) is 12.1. The van der Waals surface area contributed by atoms with Gasteiger partial charge in [0.15, 0.2) is 0 Å². The molecule has 0 aliphatic carbocycles. The standard InChI is InChI=1S/C16H26N2O/c1-13(2)9-17-10-16(19)12-18-8-7-14-5-3-4-6-15(14)11-18/h3-6,13,16-17,19H,7-12H2,1-2H3. The first-order valence-corrected chi connectivity index (χ1v) is 7.33. The third kappa shape index (κ3) is 4.60. The van der Waals surface area contributed by atoms with Crippen LogP contribution in [-0.4, -0.2) is 42.3 Å². The second kappa shape index (κ2) is 7.04. The van der Waals surface area contributed by atoms with Gasteiger partial charge in [-0.3, -0.25) is 4.90 Å². The first kappa shape index (κ1) is 14.5. The molecule has 3 heteroatoms. The summed E-state index contributed by atoms with van der Waals surface area (Å²) in [5.74, 6) is 0.633. The minimum atomic E-state index is -0.274. The summed E-state index contributed by atoms with van der Waals surface area (Å²) in [5.41, 5.74) is 2.88. The molecule has 1 aromatic carbocycles. The molecular formula is C16H26N2O. The highest BCUT2D eigenvalue weighted by molar-refractivity contribution is 5.29. The Kier molecular flexibility index (Phi) is 5.37. The number of nitrogens with zero attached hydrogens (tertiary/aromatic N) is 1. The van der Waals surface area contributed by atoms with E-state index in [-0.39, 0.29) is 6.10 Å². The molecule has 1 aliphatic heterocycles. The van der Waals surface area contributed by atoms with Gasteiger partial charge in [0, 0.05) is 26.2 Å². The van der Waals surface area contributed by atoms with Crippen LogP contribution in [-0.2, 0) is 13.0 Å². The number of aliphatic hydroxyl groups is 1. The van der Waals surface area contributed by atoms with E-state index < -0.39 is 0 Å². The van der Waals surface area contributed by atoms with E-state index in [9.17, 15) is 5.11 Å². The van der Waals surface area contributed by atoms with E-state index in [0.29, 0.717) is 12.5 Å². The number of benzene rings is 1. The number of fused-ring (bicyclic) bond motifs is 1. The van der Waals surface area contributed by atoms with Crippen LogP contribution >= 0.6 is 0 Å². The van der Waals surface area contributed by atoms with Crippen molar-refractivity contribution in [3.63, 3.8) is 0 Å². The highest BCUT2D eigenvalue weighted by atomic mass is 16.3. The molecule has 19 heavy (non-hydrogen) atoms. The lowest BCUT2D eigenvalue weighted by molar-refractivity contribution is 0.104. The van der Waals surface area contributed by atoms with Crippen molar-refractivity contribution in [3.05, 3.63) is 35.4 Å². The van der Waals surface area contributed by atoms with Gasteiger partial charge in [0.25, 0.3) is 0 Å². The van der Waals surface area contributed by atoms with Crippen LogP contribution in [0.15, 0.2) is 24.3 Å². The Morgan fingerprint density at radius 3 is 2.68 bits per heavy atom. The van der Waals surface area contributed by atoms with Gasteiger partial charge in [-0.25, -0.2) is 0 Å². The summed E-state index contributed by atoms with van der Waals surface area (Å²) in [6.45, 7) is 8.81. The van der Waals surface area contributed by atoms with Gasteiger partial charge in [0.05, 0.1) is 6.10 Å². The molecule has 0 saturated heterocycles. The highest BCUT2D eigenvalue weighted by Gasteiger charge is 2.18. The molecule has 0 spiro atoms. The monoisotopic (exact) mass is 262 g/mol. The van der Waals surface area contributed by atoms with E-state index in [1.165, 1.54) is 11.1 Å². The number of hydrogen-bond donors (Lipinski definition) is 2. The Morgan fingerprint density at radius 1 is 1.21 bits per heavy atom. The molecule has 0 amide bonds. The van der Waals surface area contributed by atoms with E-state index in [2.05, 4.69) is 48.3 Å². The number of nitrogens with one attached hydrogen (secondary N) is 1. The quantitative estimate of drug-likeness (QED) is 0.818. The fourth-order valence-corrected chi connectivity index (χ4v) is 2.61. The highest BCUT2D eigenvalue weighted by Crippen LogP contribution is 2.18. The van der Waals surface area contributed by atoms with Crippen molar-refractivity contribution in [1.29, 1.82) is 0 Å². The molecule has 1 unspecified atom stereocenters. The van der Waals surface area contributed by atoms with Gasteiger partial charge in [-0.05, 0) is 30.0 Å². The van der Waals surface area contributed by atoms with Crippen LogP contribution in [0.5, 0.6) is 0 Å². The lowest BCUT2D eigenvalue weighted by Gasteiger charge is -2.30. The molecule has 1 heterocycles. The normalized spacial score (nSPS) is 17.5. The van der Waals surface area contributed by atoms with Crippen LogP contribution in [0.1, 0.15) is 25.0 Å². The van der Waals surface area contributed by atoms with Crippen molar-refractivity contribution in [1.82, 2.24) is 10.2 Å². The van der Waals surface area contributed by atoms with Crippen LogP contribution in [0.25, 0.3) is 0 Å². The van der Waals surface area contributed by atoms with Crippen LogP contribution in [0, 0.1) is 5.92 Å². The van der Waals surface area contributed by atoms with Crippen molar-refractivity contribution in [2.75, 3.05) is 26.2 Å². The zero-order valence-corrected chi connectivity index (χ0v) is 12.1. The van der Waals surface area contributed by atoms with Crippen molar-refractivity contribution in [3.8, 4) is 0 Å².